The molecule has 100 valence electrons. The quantitative estimate of drug-likeness (QED) is 0.805. The Bertz CT molecular complexity index is 673. The predicted octanol–water partition coefficient (Wildman–Crippen LogP) is 2.03. The molecule has 0 atom stereocenters. The lowest BCUT2D eigenvalue weighted by atomic mass is 10.2. The molecular formula is C12H10FIN2O3. The van der Waals surface area contributed by atoms with Gasteiger partial charge in [0.1, 0.15) is 9.39 Å². The minimum Gasteiger partial charge on any atom is -0.505 e. The van der Waals surface area contributed by atoms with E-state index in [1.165, 1.54) is 19.2 Å². The average Bonchev–Trinajstić information content (AvgIpc) is 2.38. The number of methoxy groups -OCH3 is 1. The number of rotatable bonds is 3. The van der Waals surface area contributed by atoms with Gasteiger partial charge in [-0.1, -0.05) is 0 Å². The van der Waals surface area contributed by atoms with Crippen molar-refractivity contribution in [2.75, 3.05) is 7.11 Å². The van der Waals surface area contributed by atoms with E-state index < -0.39 is 11.6 Å². The second-order valence-electron chi connectivity index (χ2n) is 3.77. The second kappa shape index (κ2) is 5.66. The predicted molar refractivity (Wildman–Crippen MR) is 75.3 cm³/mol. The van der Waals surface area contributed by atoms with Gasteiger partial charge in [0, 0.05) is 12.7 Å². The molecule has 0 spiro atoms. The lowest BCUT2D eigenvalue weighted by Crippen LogP contribution is -2.16. The maximum atomic E-state index is 13.3. The number of ether oxygens (including phenoxy) is 1. The van der Waals surface area contributed by atoms with Crippen molar-refractivity contribution in [2.45, 2.75) is 6.61 Å². The number of halogens is 2. The second-order valence-corrected chi connectivity index (χ2v) is 4.85. The Balaban J connectivity index is 2.56. The first kappa shape index (κ1) is 13.9. The van der Waals surface area contributed by atoms with Crippen LogP contribution in [0.5, 0.6) is 5.75 Å². The van der Waals surface area contributed by atoms with Crippen LogP contribution < -0.4 is 5.56 Å². The molecule has 19 heavy (non-hydrogen) atoms. The van der Waals surface area contributed by atoms with E-state index in [9.17, 15) is 9.18 Å². The van der Waals surface area contributed by atoms with Crippen molar-refractivity contribution < 1.29 is 14.2 Å². The van der Waals surface area contributed by atoms with Crippen molar-refractivity contribution in [2.24, 2.45) is 0 Å². The Labute approximate surface area is 121 Å². The molecule has 0 aliphatic carbocycles. The van der Waals surface area contributed by atoms with E-state index in [1.54, 1.807) is 0 Å². The number of benzene rings is 1. The first-order chi connectivity index (χ1) is 9.02. The summed E-state index contributed by atoms with van der Waals surface area (Å²) in [6, 6.07) is 3.79. The minimum absolute atomic E-state index is 0.190. The lowest BCUT2D eigenvalue weighted by molar-refractivity contribution is 0.180. The Morgan fingerprint density at radius 2 is 2.26 bits per heavy atom. The first-order valence-electron chi connectivity index (χ1n) is 5.29. The van der Waals surface area contributed by atoms with Gasteiger partial charge in [0.2, 0.25) is 0 Å². The molecule has 2 rings (SSSR count). The largest absolute Gasteiger partial charge is 0.505 e. The molecule has 2 aromatic rings. The smallest absolute Gasteiger partial charge is 0.264 e. The van der Waals surface area contributed by atoms with E-state index in [0.717, 1.165) is 6.07 Å². The monoisotopic (exact) mass is 376 g/mol. The van der Waals surface area contributed by atoms with Gasteiger partial charge in [-0.25, -0.2) is 9.37 Å². The molecule has 7 heteroatoms. The topological polar surface area (TPSA) is 75.2 Å². The Morgan fingerprint density at radius 3 is 2.89 bits per heavy atom. The van der Waals surface area contributed by atoms with Gasteiger partial charge in [0.05, 0.1) is 12.3 Å². The van der Waals surface area contributed by atoms with Crippen molar-refractivity contribution in [3.05, 3.63) is 43.6 Å². The van der Waals surface area contributed by atoms with Gasteiger partial charge in [0.25, 0.3) is 5.56 Å². The lowest BCUT2D eigenvalue weighted by Gasteiger charge is -2.06. The highest BCUT2D eigenvalue weighted by molar-refractivity contribution is 14.1. The van der Waals surface area contributed by atoms with Crippen LogP contribution in [0.1, 0.15) is 5.69 Å². The fourth-order valence-electron chi connectivity index (χ4n) is 1.53. The van der Waals surface area contributed by atoms with Crippen molar-refractivity contribution in [1.82, 2.24) is 9.97 Å². The molecule has 0 fully saturated rings. The summed E-state index contributed by atoms with van der Waals surface area (Å²) in [5.74, 6) is -0.989. The van der Waals surface area contributed by atoms with Gasteiger partial charge in [0.15, 0.2) is 11.6 Å². The highest BCUT2D eigenvalue weighted by atomic mass is 127. The third-order valence-electron chi connectivity index (χ3n) is 2.43. The van der Waals surface area contributed by atoms with Crippen molar-refractivity contribution in [1.29, 1.82) is 0 Å². The molecule has 2 N–H and O–H groups in total. The number of nitrogens with one attached hydrogen (secondary N) is 1. The van der Waals surface area contributed by atoms with Crippen molar-refractivity contribution >= 4 is 22.6 Å². The number of aromatic nitrogens is 2. The van der Waals surface area contributed by atoms with Crippen LogP contribution in [0, 0.1) is 9.39 Å². The fraction of sp³-hybridized carbons (Fsp3) is 0.167. The van der Waals surface area contributed by atoms with Crippen LogP contribution in [-0.2, 0) is 11.3 Å². The summed E-state index contributed by atoms with van der Waals surface area (Å²) in [5, 5.41) is 9.14. The van der Waals surface area contributed by atoms with Crippen LogP contribution in [0.25, 0.3) is 11.4 Å². The normalized spacial score (nSPS) is 10.7. The molecule has 0 aliphatic rings. The zero-order valence-electron chi connectivity index (χ0n) is 9.91. The highest BCUT2D eigenvalue weighted by Gasteiger charge is 2.11. The molecule has 5 nitrogen and oxygen atoms in total. The fourth-order valence-corrected chi connectivity index (χ4v) is 1.94. The van der Waals surface area contributed by atoms with E-state index in [2.05, 4.69) is 9.97 Å². The summed E-state index contributed by atoms with van der Waals surface area (Å²) in [4.78, 5) is 18.5. The number of hydrogen-bond acceptors (Lipinski definition) is 4. The molecule has 0 saturated carbocycles. The molecule has 0 amide bonds. The molecule has 0 unspecified atom stereocenters. The number of phenolic OH excluding ortho intramolecular Hbond substituents is 1. The van der Waals surface area contributed by atoms with E-state index in [0.29, 0.717) is 14.8 Å². The van der Waals surface area contributed by atoms with Crippen LogP contribution >= 0.6 is 22.6 Å². The summed E-state index contributed by atoms with van der Waals surface area (Å²) in [6.45, 7) is 0.190. The number of phenols is 1. The summed E-state index contributed by atoms with van der Waals surface area (Å²) in [5.41, 5.74) is 0.544. The van der Waals surface area contributed by atoms with Crippen LogP contribution in [0.4, 0.5) is 4.39 Å². The number of nitrogens with zero attached hydrogens (tertiary/aromatic N) is 1. The van der Waals surface area contributed by atoms with Gasteiger partial charge in [-0.05, 0) is 40.8 Å². The molecular weight excluding hydrogens is 366 g/mol. The van der Waals surface area contributed by atoms with Crippen molar-refractivity contribution in [3.8, 4) is 17.1 Å². The Morgan fingerprint density at radius 1 is 1.53 bits per heavy atom. The molecule has 0 radical (unpaired) electrons. The number of hydrogen-bond donors (Lipinski definition) is 2. The van der Waals surface area contributed by atoms with E-state index >= 15 is 0 Å². The summed E-state index contributed by atoms with van der Waals surface area (Å²) in [6.07, 6.45) is 0. The summed E-state index contributed by atoms with van der Waals surface area (Å²) < 4.78 is 18.7. The first-order valence-corrected chi connectivity index (χ1v) is 6.37. The summed E-state index contributed by atoms with van der Waals surface area (Å²) >= 11 is 1.88. The molecule has 1 aromatic heterocycles. The average molecular weight is 376 g/mol. The number of aromatic hydroxyl groups is 1. The van der Waals surface area contributed by atoms with Gasteiger partial charge in [-0.15, -0.1) is 0 Å². The van der Waals surface area contributed by atoms with Crippen LogP contribution in [0.3, 0.4) is 0 Å². The van der Waals surface area contributed by atoms with Crippen LogP contribution in [0.15, 0.2) is 23.0 Å². The number of H-pyrrole nitrogens is 1. The number of aromatic amines is 1. The molecule has 1 heterocycles. The van der Waals surface area contributed by atoms with Gasteiger partial charge in [-0.3, -0.25) is 4.79 Å². The van der Waals surface area contributed by atoms with Crippen LogP contribution in [0.2, 0.25) is 0 Å². The molecule has 0 saturated heterocycles. The summed E-state index contributed by atoms with van der Waals surface area (Å²) in [7, 11) is 1.50. The zero-order valence-corrected chi connectivity index (χ0v) is 12.1. The third kappa shape index (κ3) is 2.92. The van der Waals surface area contributed by atoms with Crippen molar-refractivity contribution in [3.63, 3.8) is 0 Å². The van der Waals surface area contributed by atoms with Gasteiger partial charge in [-0.2, -0.15) is 0 Å². The van der Waals surface area contributed by atoms with E-state index in [4.69, 9.17) is 9.84 Å². The Kier molecular flexibility index (Phi) is 4.15. The van der Waals surface area contributed by atoms with Gasteiger partial charge < -0.3 is 14.8 Å². The molecule has 0 aliphatic heterocycles. The Hall–Kier alpha value is -1.48. The standard InChI is InChI=1S/C12H10FIN2O3/c1-19-5-8-10(14)12(18)16-11(15-8)6-2-3-9(17)7(13)4-6/h2-4,17H,5H2,1H3,(H,15,16,18). The highest BCUT2D eigenvalue weighted by Crippen LogP contribution is 2.22. The maximum Gasteiger partial charge on any atom is 0.264 e. The molecule has 1 aromatic carbocycles. The maximum absolute atomic E-state index is 13.3. The van der Waals surface area contributed by atoms with E-state index in [-0.39, 0.29) is 18.0 Å². The minimum atomic E-state index is -0.771. The van der Waals surface area contributed by atoms with E-state index in [1.807, 2.05) is 22.6 Å². The molecule has 0 bridgehead atoms. The van der Waals surface area contributed by atoms with Crippen LogP contribution in [-0.4, -0.2) is 22.2 Å². The zero-order chi connectivity index (χ0) is 14.0. The van der Waals surface area contributed by atoms with Gasteiger partial charge >= 0.3 is 0 Å². The SMILES string of the molecule is COCc1nc(-c2ccc(O)c(F)c2)[nH]c(=O)c1I. The third-order valence-corrected chi connectivity index (χ3v) is 3.55.